The van der Waals surface area contributed by atoms with Gasteiger partial charge in [-0.1, -0.05) is 12.1 Å². The van der Waals surface area contributed by atoms with Crippen molar-refractivity contribution < 1.29 is 27.4 Å². The highest BCUT2D eigenvalue weighted by atomic mass is 19.3. The molecule has 1 aromatic heterocycles. The van der Waals surface area contributed by atoms with E-state index in [9.17, 15) is 18.0 Å². The zero-order chi connectivity index (χ0) is 25.2. The highest BCUT2D eigenvalue weighted by Gasteiger charge is 2.35. The Bertz CT molecular complexity index is 1330. The van der Waals surface area contributed by atoms with E-state index in [1.807, 2.05) is 0 Å². The number of carbonyl (C=O) groups is 1. The number of hydrogen-bond donors (Lipinski definition) is 1. The molecule has 0 aliphatic carbocycles. The van der Waals surface area contributed by atoms with Crippen molar-refractivity contribution in [2.24, 2.45) is 0 Å². The first kappa shape index (κ1) is 24.1. The van der Waals surface area contributed by atoms with Crippen LogP contribution in [0.2, 0.25) is 0 Å². The van der Waals surface area contributed by atoms with Crippen molar-refractivity contribution in [3.8, 4) is 17.2 Å². The molecule has 35 heavy (non-hydrogen) atoms. The van der Waals surface area contributed by atoms with Gasteiger partial charge in [-0.25, -0.2) is 9.07 Å². The number of carbonyl (C=O) groups excluding carboxylic acids is 1. The molecule has 0 saturated heterocycles. The largest absolute Gasteiger partial charge is 0.497 e. The Labute approximate surface area is 200 Å². The number of aromatic nitrogens is 2. The van der Waals surface area contributed by atoms with Crippen LogP contribution in [-0.2, 0) is 4.79 Å². The van der Waals surface area contributed by atoms with Crippen molar-refractivity contribution in [1.29, 1.82) is 0 Å². The maximum atomic E-state index is 13.5. The second-order valence-electron chi connectivity index (χ2n) is 8.22. The van der Waals surface area contributed by atoms with Gasteiger partial charge in [0.2, 0.25) is 0 Å². The normalized spacial score (nSPS) is 13.3. The number of nitrogens with one attached hydrogen (secondary N) is 1. The fraction of sp³-hybridized carbons (Fsp3) is 0.231. The van der Waals surface area contributed by atoms with E-state index in [4.69, 9.17) is 9.47 Å². The first-order valence-electron chi connectivity index (χ1n) is 10.9. The quantitative estimate of drug-likeness (QED) is 0.362. The van der Waals surface area contributed by atoms with Crippen LogP contribution in [0.4, 0.5) is 13.2 Å². The van der Waals surface area contributed by atoms with Gasteiger partial charge in [0.15, 0.2) is 0 Å². The lowest BCUT2D eigenvalue weighted by molar-refractivity contribution is -0.144. The van der Waals surface area contributed by atoms with Gasteiger partial charge in [-0.3, -0.25) is 4.79 Å². The van der Waals surface area contributed by atoms with E-state index in [2.05, 4.69) is 10.4 Å². The lowest BCUT2D eigenvalue weighted by atomic mass is 10.0. The molecule has 0 bridgehead atoms. The van der Waals surface area contributed by atoms with Crippen LogP contribution in [0.3, 0.4) is 0 Å². The SMILES string of the molecule is COc1cccc([C@@H](Oc2ccc3c(cnn3-c3ccc(F)cc3)c2)C(C)NC(=O)C(C)(F)F)c1. The van der Waals surface area contributed by atoms with E-state index < -0.39 is 24.0 Å². The molecule has 0 aliphatic rings. The van der Waals surface area contributed by atoms with Gasteiger partial charge >= 0.3 is 5.92 Å². The third kappa shape index (κ3) is 5.40. The summed E-state index contributed by atoms with van der Waals surface area (Å²) in [6.07, 6.45) is 0.857. The summed E-state index contributed by atoms with van der Waals surface area (Å²) in [5, 5.41) is 7.48. The smallest absolute Gasteiger partial charge is 0.321 e. The predicted octanol–water partition coefficient (Wildman–Crippen LogP) is 5.45. The van der Waals surface area contributed by atoms with E-state index in [1.54, 1.807) is 72.4 Å². The Balaban J connectivity index is 1.65. The minimum Gasteiger partial charge on any atom is -0.497 e. The molecule has 0 spiro atoms. The monoisotopic (exact) mass is 483 g/mol. The zero-order valence-corrected chi connectivity index (χ0v) is 19.3. The lowest BCUT2D eigenvalue weighted by Gasteiger charge is -2.27. The van der Waals surface area contributed by atoms with Gasteiger partial charge in [0.05, 0.1) is 30.6 Å². The second-order valence-corrected chi connectivity index (χ2v) is 8.22. The number of fused-ring (bicyclic) bond motifs is 1. The molecule has 4 rings (SSSR count). The molecule has 0 aliphatic heterocycles. The molecule has 0 saturated carbocycles. The minimum atomic E-state index is -3.53. The van der Waals surface area contributed by atoms with E-state index in [0.29, 0.717) is 29.7 Å². The molecule has 6 nitrogen and oxygen atoms in total. The molecule has 2 atom stereocenters. The van der Waals surface area contributed by atoms with Crippen LogP contribution in [0.1, 0.15) is 25.5 Å². The Morgan fingerprint density at radius 1 is 1.06 bits per heavy atom. The molecule has 4 aromatic rings. The summed E-state index contributed by atoms with van der Waals surface area (Å²) in [4.78, 5) is 11.9. The summed E-state index contributed by atoms with van der Waals surface area (Å²) in [6.45, 7) is 2.14. The van der Waals surface area contributed by atoms with Crippen molar-refractivity contribution in [1.82, 2.24) is 15.1 Å². The van der Waals surface area contributed by atoms with Crippen LogP contribution < -0.4 is 14.8 Å². The zero-order valence-electron chi connectivity index (χ0n) is 19.3. The lowest BCUT2D eigenvalue weighted by Crippen LogP contribution is -2.46. The molecule has 182 valence electrons. The average Bonchev–Trinajstić information content (AvgIpc) is 3.25. The first-order valence-corrected chi connectivity index (χ1v) is 10.9. The molecule has 1 unspecified atom stereocenters. The summed E-state index contributed by atoms with van der Waals surface area (Å²) in [5.41, 5.74) is 2.11. The third-order valence-electron chi connectivity index (χ3n) is 5.51. The predicted molar refractivity (Wildman–Crippen MR) is 126 cm³/mol. The number of methoxy groups -OCH3 is 1. The van der Waals surface area contributed by atoms with E-state index in [0.717, 1.165) is 10.9 Å². The molecule has 3 aromatic carbocycles. The Kier molecular flexibility index (Phi) is 6.68. The number of ether oxygens (including phenoxy) is 2. The van der Waals surface area contributed by atoms with Gasteiger partial charge in [0.25, 0.3) is 5.91 Å². The van der Waals surface area contributed by atoms with Crippen LogP contribution in [0, 0.1) is 5.82 Å². The highest BCUT2D eigenvalue weighted by Crippen LogP contribution is 2.30. The van der Waals surface area contributed by atoms with Crippen molar-refractivity contribution in [3.63, 3.8) is 0 Å². The van der Waals surface area contributed by atoms with Crippen molar-refractivity contribution in [2.75, 3.05) is 7.11 Å². The van der Waals surface area contributed by atoms with E-state index >= 15 is 0 Å². The van der Waals surface area contributed by atoms with E-state index in [1.165, 1.54) is 19.2 Å². The number of amides is 1. The first-order chi connectivity index (χ1) is 16.7. The summed E-state index contributed by atoms with van der Waals surface area (Å²) in [5.74, 6) is -4.25. The minimum absolute atomic E-state index is 0.341. The third-order valence-corrected chi connectivity index (χ3v) is 5.51. The molecule has 1 heterocycles. The van der Waals surface area contributed by atoms with Gasteiger partial charge in [-0.05, 0) is 67.1 Å². The van der Waals surface area contributed by atoms with Crippen LogP contribution >= 0.6 is 0 Å². The molecule has 1 N–H and O–H groups in total. The maximum Gasteiger partial charge on any atom is 0.321 e. The molecule has 9 heteroatoms. The van der Waals surface area contributed by atoms with Gasteiger partial charge in [-0.2, -0.15) is 13.9 Å². The van der Waals surface area contributed by atoms with Crippen LogP contribution in [0.15, 0.2) is 72.9 Å². The maximum absolute atomic E-state index is 13.5. The fourth-order valence-electron chi connectivity index (χ4n) is 3.71. The van der Waals surface area contributed by atoms with Crippen LogP contribution in [0.25, 0.3) is 16.6 Å². The molecule has 0 radical (unpaired) electrons. The Morgan fingerprint density at radius 2 is 1.80 bits per heavy atom. The van der Waals surface area contributed by atoms with Gasteiger partial charge < -0.3 is 14.8 Å². The number of nitrogens with zero attached hydrogens (tertiary/aromatic N) is 2. The Hall–Kier alpha value is -4.01. The number of halogens is 3. The van der Waals surface area contributed by atoms with Gasteiger partial charge in [0, 0.05) is 12.3 Å². The van der Waals surface area contributed by atoms with E-state index in [-0.39, 0.29) is 5.82 Å². The standard InChI is InChI=1S/C26H24F3N3O3/c1-16(31-25(33)26(2,28)29)24(17-5-4-6-21(13-17)34-3)35-22-11-12-23-18(14-22)15-30-32(23)20-9-7-19(27)8-10-20/h4-16,24H,1-3H3,(H,31,33)/t16?,24-/m0/s1. The van der Waals surface area contributed by atoms with Gasteiger partial charge in [0.1, 0.15) is 23.4 Å². The Morgan fingerprint density at radius 3 is 2.49 bits per heavy atom. The van der Waals surface area contributed by atoms with Crippen LogP contribution in [0.5, 0.6) is 11.5 Å². The molecule has 0 fully saturated rings. The van der Waals surface area contributed by atoms with Crippen molar-refractivity contribution in [3.05, 3.63) is 84.3 Å². The average molecular weight is 483 g/mol. The topological polar surface area (TPSA) is 65.4 Å². The number of alkyl halides is 2. The van der Waals surface area contributed by atoms with Crippen molar-refractivity contribution >= 4 is 16.8 Å². The summed E-state index contributed by atoms with van der Waals surface area (Å²) >= 11 is 0. The highest BCUT2D eigenvalue weighted by molar-refractivity contribution is 5.83. The number of benzene rings is 3. The van der Waals surface area contributed by atoms with Crippen LogP contribution in [-0.4, -0.2) is 34.8 Å². The molecular weight excluding hydrogens is 459 g/mol. The second kappa shape index (κ2) is 9.69. The number of hydrogen-bond acceptors (Lipinski definition) is 4. The van der Waals surface area contributed by atoms with Gasteiger partial charge in [-0.15, -0.1) is 0 Å². The molecular formula is C26H24F3N3O3. The number of rotatable bonds is 8. The summed E-state index contributed by atoms with van der Waals surface area (Å²) < 4.78 is 53.5. The fourth-order valence-corrected chi connectivity index (χ4v) is 3.71. The van der Waals surface area contributed by atoms with Crippen molar-refractivity contribution in [2.45, 2.75) is 31.9 Å². The summed E-state index contributed by atoms with van der Waals surface area (Å²) in [6, 6.07) is 17.4. The molecule has 1 amide bonds. The summed E-state index contributed by atoms with van der Waals surface area (Å²) in [7, 11) is 1.52.